The average molecular weight is 331 g/mol. The first-order valence-electron chi connectivity index (χ1n) is 6.18. The van der Waals surface area contributed by atoms with Crippen molar-refractivity contribution in [2.75, 3.05) is 12.9 Å². The number of hydrogen-bond acceptors (Lipinski definition) is 6. The molecular weight excluding hydrogens is 316 g/mol. The van der Waals surface area contributed by atoms with Gasteiger partial charge in [0.1, 0.15) is 5.02 Å². The van der Waals surface area contributed by atoms with E-state index in [0.29, 0.717) is 29.0 Å². The quantitative estimate of drug-likeness (QED) is 0.899. The number of sulfone groups is 1. The summed E-state index contributed by atoms with van der Waals surface area (Å²) in [5, 5.41) is 6.33. The number of nitrogens with zero attached hydrogens (tertiary/aromatic N) is 3. The van der Waals surface area contributed by atoms with E-state index in [9.17, 15) is 8.42 Å². The summed E-state index contributed by atoms with van der Waals surface area (Å²) in [4.78, 5) is 8.00. The summed E-state index contributed by atoms with van der Waals surface area (Å²) < 4.78 is 28.2. The van der Waals surface area contributed by atoms with Crippen molar-refractivity contribution in [1.29, 1.82) is 0 Å². The normalized spacial score (nSPS) is 11.9. The van der Waals surface area contributed by atoms with Crippen LogP contribution in [0.5, 0.6) is 5.88 Å². The lowest BCUT2D eigenvalue weighted by atomic mass is 10.2. The molecule has 0 saturated carbocycles. The Morgan fingerprint density at radius 3 is 2.67 bits per heavy atom. The van der Waals surface area contributed by atoms with E-state index in [-0.39, 0.29) is 11.0 Å². The van der Waals surface area contributed by atoms with E-state index in [4.69, 9.17) is 16.3 Å². The van der Waals surface area contributed by atoms with E-state index < -0.39 is 9.84 Å². The van der Waals surface area contributed by atoms with Gasteiger partial charge in [0.05, 0.1) is 6.61 Å². The highest BCUT2D eigenvalue weighted by Gasteiger charge is 2.16. The Balaban J connectivity index is 2.26. The molecule has 0 spiro atoms. The van der Waals surface area contributed by atoms with E-state index in [1.54, 1.807) is 6.07 Å². The molecule has 0 aromatic carbocycles. The van der Waals surface area contributed by atoms with Gasteiger partial charge >= 0.3 is 0 Å². The van der Waals surface area contributed by atoms with Crippen LogP contribution in [0.15, 0.2) is 17.4 Å². The van der Waals surface area contributed by atoms with Crippen LogP contribution in [0.2, 0.25) is 5.02 Å². The molecule has 2 aromatic heterocycles. The van der Waals surface area contributed by atoms with Crippen LogP contribution >= 0.6 is 11.6 Å². The molecular formula is C12H15ClN4O3S. The Morgan fingerprint density at radius 2 is 2.14 bits per heavy atom. The number of nitrogens with one attached hydrogen (secondary N) is 1. The number of hydrogen-bond donors (Lipinski definition) is 1. The Morgan fingerprint density at radius 1 is 1.43 bits per heavy atom. The van der Waals surface area contributed by atoms with Crippen LogP contribution in [0.4, 0.5) is 0 Å². The standard InChI is InChI=1S/C12H15ClN4O3S/c1-7(2)6-20-11-9(13)4-8(5-14-11)10-15-12(17-16-10)21(3,18)19/h4-5,7H,6H2,1-3H3,(H,15,16,17). The number of pyridine rings is 1. The Bertz CT molecular complexity index is 743. The fraction of sp³-hybridized carbons (Fsp3) is 0.417. The maximum atomic E-state index is 11.4. The summed E-state index contributed by atoms with van der Waals surface area (Å²) in [6.07, 6.45) is 2.53. The van der Waals surface area contributed by atoms with Crippen molar-refractivity contribution >= 4 is 21.4 Å². The molecule has 0 aliphatic heterocycles. The summed E-state index contributed by atoms with van der Waals surface area (Å²) in [7, 11) is -3.43. The van der Waals surface area contributed by atoms with Crippen molar-refractivity contribution in [2.45, 2.75) is 19.0 Å². The predicted molar refractivity (Wildman–Crippen MR) is 78.1 cm³/mol. The molecule has 1 N–H and O–H groups in total. The highest BCUT2D eigenvalue weighted by Crippen LogP contribution is 2.26. The van der Waals surface area contributed by atoms with E-state index in [2.05, 4.69) is 20.2 Å². The fourth-order valence-electron chi connectivity index (χ4n) is 1.44. The monoisotopic (exact) mass is 330 g/mol. The number of aromatic nitrogens is 4. The molecule has 0 atom stereocenters. The van der Waals surface area contributed by atoms with Crippen LogP contribution in [0.3, 0.4) is 0 Å². The Hall–Kier alpha value is -1.67. The predicted octanol–water partition coefficient (Wildman–Crippen LogP) is 1.96. The topological polar surface area (TPSA) is 97.8 Å². The molecule has 2 aromatic rings. The second-order valence-corrected chi connectivity index (χ2v) is 7.29. The van der Waals surface area contributed by atoms with Gasteiger partial charge in [-0.25, -0.2) is 18.5 Å². The maximum absolute atomic E-state index is 11.4. The van der Waals surface area contributed by atoms with Crippen molar-refractivity contribution in [2.24, 2.45) is 5.92 Å². The lowest BCUT2D eigenvalue weighted by Gasteiger charge is -2.09. The van der Waals surface area contributed by atoms with Crippen LogP contribution in [0, 0.1) is 5.92 Å². The van der Waals surface area contributed by atoms with Crippen LogP contribution < -0.4 is 4.74 Å². The second kappa shape index (κ2) is 5.98. The molecule has 7 nitrogen and oxygen atoms in total. The summed E-state index contributed by atoms with van der Waals surface area (Å²) in [5.41, 5.74) is 0.503. The van der Waals surface area contributed by atoms with Crippen LogP contribution in [-0.2, 0) is 9.84 Å². The first kappa shape index (κ1) is 15.7. The molecule has 0 aliphatic carbocycles. The van der Waals surface area contributed by atoms with E-state index in [0.717, 1.165) is 6.26 Å². The molecule has 114 valence electrons. The van der Waals surface area contributed by atoms with Gasteiger partial charge in [0, 0.05) is 18.0 Å². The third-order valence-corrected chi connectivity index (χ3v) is 3.59. The van der Waals surface area contributed by atoms with Gasteiger partial charge < -0.3 is 4.74 Å². The SMILES string of the molecule is CC(C)COc1ncc(-c2n[nH]c(S(C)(=O)=O)n2)cc1Cl. The molecule has 0 radical (unpaired) electrons. The molecule has 0 unspecified atom stereocenters. The molecule has 0 amide bonds. The molecule has 2 rings (SSSR count). The minimum absolute atomic E-state index is 0.200. The maximum Gasteiger partial charge on any atom is 0.243 e. The third kappa shape index (κ3) is 3.92. The molecule has 0 saturated heterocycles. The Labute approximate surface area is 127 Å². The van der Waals surface area contributed by atoms with E-state index in [1.165, 1.54) is 6.20 Å². The zero-order valence-electron chi connectivity index (χ0n) is 11.8. The Kier molecular flexibility index (Phi) is 4.48. The zero-order chi connectivity index (χ0) is 15.6. The first-order chi connectivity index (χ1) is 9.77. The lowest BCUT2D eigenvalue weighted by Crippen LogP contribution is -2.06. The van der Waals surface area contributed by atoms with Crippen molar-refractivity contribution in [3.63, 3.8) is 0 Å². The van der Waals surface area contributed by atoms with Gasteiger partial charge in [-0.2, -0.15) is 10.1 Å². The summed E-state index contributed by atoms with van der Waals surface area (Å²) in [5.74, 6) is 0.890. The lowest BCUT2D eigenvalue weighted by molar-refractivity contribution is 0.261. The zero-order valence-corrected chi connectivity index (χ0v) is 13.4. The number of H-pyrrole nitrogens is 1. The number of rotatable bonds is 5. The van der Waals surface area contributed by atoms with Crippen molar-refractivity contribution in [1.82, 2.24) is 20.2 Å². The summed E-state index contributed by atoms with van der Waals surface area (Å²) in [6.45, 7) is 4.54. The van der Waals surface area contributed by atoms with Crippen molar-refractivity contribution in [3.05, 3.63) is 17.3 Å². The first-order valence-corrected chi connectivity index (χ1v) is 8.45. The van der Waals surface area contributed by atoms with Gasteiger partial charge in [-0.05, 0) is 12.0 Å². The van der Waals surface area contributed by atoms with Crippen molar-refractivity contribution < 1.29 is 13.2 Å². The fourth-order valence-corrected chi connectivity index (χ4v) is 2.13. The number of aromatic amines is 1. The second-order valence-electron chi connectivity index (χ2n) is 4.95. The molecule has 2 heterocycles. The van der Waals surface area contributed by atoms with E-state index >= 15 is 0 Å². The molecule has 0 aliphatic rings. The highest BCUT2D eigenvalue weighted by atomic mass is 35.5. The molecule has 9 heteroatoms. The highest BCUT2D eigenvalue weighted by molar-refractivity contribution is 7.90. The van der Waals surface area contributed by atoms with Crippen LogP contribution in [0.1, 0.15) is 13.8 Å². The number of halogens is 1. The van der Waals surface area contributed by atoms with Gasteiger partial charge in [0.15, 0.2) is 5.82 Å². The molecule has 0 fully saturated rings. The molecule has 21 heavy (non-hydrogen) atoms. The van der Waals surface area contributed by atoms with Gasteiger partial charge in [0.25, 0.3) is 0 Å². The molecule has 0 bridgehead atoms. The van der Waals surface area contributed by atoms with Crippen molar-refractivity contribution in [3.8, 4) is 17.3 Å². The van der Waals surface area contributed by atoms with Crippen LogP contribution in [0.25, 0.3) is 11.4 Å². The average Bonchev–Trinajstić information content (AvgIpc) is 2.86. The van der Waals surface area contributed by atoms with E-state index in [1.807, 2.05) is 13.8 Å². The van der Waals surface area contributed by atoms with Gasteiger partial charge in [0.2, 0.25) is 20.9 Å². The largest absolute Gasteiger partial charge is 0.476 e. The summed E-state index contributed by atoms with van der Waals surface area (Å²) >= 11 is 6.09. The summed E-state index contributed by atoms with van der Waals surface area (Å²) in [6, 6.07) is 1.58. The van der Waals surface area contributed by atoms with Gasteiger partial charge in [-0.1, -0.05) is 25.4 Å². The number of ether oxygens (including phenoxy) is 1. The van der Waals surface area contributed by atoms with Gasteiger partial charge in [-0.15, -0.1) is 0 Å². The van der Waals surface area contributed by atoms with Gasteiger partial charge in [-0.3, -0.25) is 0 Å². The minimum atomic E-state index is -3.43. The minimum Gasteiger partial charge on any atom is -0.476 e. The van der Waals surface area contributed by atoms with Crippen LogP contribution in [-0.4, -0.2) is 41.4 Å². The smallest absolute Gasteiger partial charge is 0.243 e. The third-order valence-electron chi connectivity index (χ3n) is 2.44.